The summed E-state index contributed by atoms with van der Waals surface area (Å²) in [6, 6.07) is 18.5. The number of carbonyl (C=O) groups excluding carboxylic acids is 2. The summed E-state index contributed by atoms with van der Waals surface area (Å²) in [5, 5.41) is 7.54. The third-order valence-corrected chi connectivity index (χ3v) is 4.48. The fraction of sp³-hybridized carbons (Fsp3) is 0.190. The van der Waals surface area contributed by atoms with Gasteiger partial charge in [0.15, 0.2) is 5.78 Å². The van der Waals surface area contributed by atoms with Crippen LogP contribution >= 0.6 is 0 Å². The van der Waals surface area contributed by atoms with Crippen LogP contribution in [0.2, 0.25) is 0 Å². The van der Waals surface area contributed by atoms with Gasteiger partial charge in [0.05, 0.1) is 11.4 Å². The fourth-order valence-corrected chi connectivity index (χ4v) is 2.92. The molecule has 1 amide bonds. The highest BCUT2D eigenvalue weighted by atomic mass is 16.2. The van der Waals surface area contributed by atoms with Crippen LogP contribution < -0.4 is 5.32 Å². The Labute approximate surface area is 151 Å². The number of anilines is 1. The second kappa shape index (κ2) is 6.59. The number of amides is 1. The van der Waals surface area contributed by atoms with Crippen molar-refractivity contribution in [3.63, 3.8) is 0 Å². The largest absolute Gasteiger partial charge is 0.321 e. The standard InChI is InChI=1S/C21H19N3O2/c1-14(25)16-6-5-7-17(12-16)22-21(26)20-13-19(15-10-11-15)23-24(20)18-8-3-2-4-9-18/h2-9,12-13,15H,10-11H2,1H3,(H,22,26). The molecular weight excluding hydrogens is 326 g/mol. The highest BCUT2D eigenvalue weighted by Gasteiger charge is 2.29. The maximum atomic E-state index is 12.9. The Kier molecular flexibility index (Phi) is 4.13. The Balaban J connectivity index is 1.67. The first-order valence-electron chi connectivity index (χ1n) is 8.69. The quantitative estimate of drug-likeness (QED) is 0.705. The molecule has 0 saturated heterocycles. The molecule has 0 unspecified atom stereocenters. The zero-order valence-corrected chi connectivity index (χ0v) is 14.5. The number of benzene rings is 2. The Hall–Kier alpha value is -3.21. The SMILES string of the molecule is CC(=O)c1cccc(NC(=O)c2cc(C3CC3)nn2-c2ccccc2)c1. The minimum absolute atomic E-state index is 0.0357. The van der Waals surface area contributed by atoms with E-state index in [0.29, 0.717) is 22.9 Å². The maximum Gasteiger partial charge on any atom is 0.274 e. The first-order chi connectivity index (χ1) is 12.6. The van der Waals surface area contributed by atoms with Crippen molar-refractivity contribution in [1.29, 1.82) is 0 Å². The number of carbonyl (C=O) groups is 2. The van der Waals surface area contributed by atoms with Crippen LogP contribution in [0.15, 0.2) is 60.7 Å². The third-order valence-electron chi connectivity index (χ3n) is 4.48. The van der Waals surface area contributed by atoms with Crippen LogP contribution in [-0.4, -0.2) is 21.5 Å². The van der Waals surface area contributed by atoms with Crippen molar-refractivity contribution in [3.8, 4) is 5.69 Å². The maximum absolute atomic E-state index is 12.9. The fourth-order valence-electron chi connectivity index (χ4n) is 2.92. The van der Waals surface area contributed by atoms with Gasteiger partial charge in [-0.2, -0.15) is 5.10 Å². The average Bonchev–Trinajstić information content (AvgIpc) is 3.41. The summed E-state index contributed by atoms with van der Waals surface area (Å²) in [5.41, 5.74) is 3.46. The van der Waals surface area contributed by atoms with Crippen molar-refractivity contribution in [1.82, 2.24) is 9.78 Å². The summed E-state index contributed by atoms with van der Waals surface area (Å²) < 4.78 is 1.69. The summed E-state index contributed by atoms with van der Waals surface area (Å²) in [6.07, 6.45) is 2.24. The van der Waals surface area contributed by atoms with E-state index < -0.39 is 0 Å². The first kappa shape index (κ1) is 16.3. The van der Waals surface area contributed by atoms with Crippen LogP contribution in [0.4, 0.5) is 5.69 Å². The molecule has 0 radical (unpaired) electrons. The van der Waals surface area contributed by atoms with Gasteiger partial charge in [0.25, 0.3) is 5.91 Å². The number of hydrogen-bond acceptors (Lipinski definition) is 3. The van der Waals surface area contributed by atoms with Gasteiger partial charge in [0, 0.05) is 17.2 Å². The van der Waals surface area contributed by atoms with E-state index in [4.69, 9.17) is 0 Å². The van der Waals surface area contributed by atoms with Crippen molar-refractivity contribution in [2.45, 2.75) is 25.7 Å². The predicted molar refractivity (Wildman–Crippen MR) is 99.9 cm³/mol. The predicted octanol–water partition coefficient (Wildman–Crippen LogP) is 4.20. The summed E-state index contributed by atoms with van der Waals surface area (Å²) in [4.78, 5) is 24.4. The minimum Gasteiger partial charge on any atom is -0.321 e. The minimum atomic E-state index is -0.242. The molecule has 1 saturated carbocycles. The molecule has 1 heterocycles. The summed E-state index contributed by atoms with van der Waals surface area (Å²) in [7, 11) is 0. The lowest BCUT2D eigenvalue weighted by Gasteiger charge is -2.09. The van der Waals surface area contributed by atoms with Crippen molar-refractivity contribution in [2.75, 3.05) is 5.32 Å². The van der Waals surface area contributed by atoms with E-state index in [1.807, 2.05) is 36.4 Å². The molecule has 1 N–H and O–H groups in total. The normalized spacial score (nSPS) is 13.4. The van der Waals surface area contributed by atoms with Crippen LogP contribution in [-0.2, 0) is 0 Å². The van der Waals surface area contributed by atoms with Crippen LogP contribution in [0.1, 0.15) is 52.2 Å². The Bertz CT molecular complexity index is 972. The lowest BCUT2D eigenvalue weighted by Crippen LogP contribution is -2.17. The lowest BCUT2D eigenvalue weighted by atomic mass is 10.1. The molecule has 5 nitrogen and oxygen atoms in total. The summed E-state index contributed by atoms with van der Waals surface area (Å²) in [6.45, 7) is 1.51. The Morgan fingerprint density at radius 2 is 1.81 bits per heavy atom. The number of para-hydroxylation sites is 1. The molecule has 0 atom stereocenters. The third kappa shape index (κ3) is 3.28. The van der Waals surface area contributed by atoms with Crippen molar-refractivity contribution >= 4 is 17.4 Å². The van der Waals surface area contributed by atoms with Gasteiger partial charge in [-0.25, -0.2) is 4.68 Å². The molecule has 0 bridgehead atoms. The van der Waals surface area contributed by atoms with Crippen molar-refractivity contribution in [3.05, 3.63) is 77.6 Å². The van der Waals surface area contributed by atoms with E-state index in [2.05, 4.69) is 10.4 Å². The van der Waals surface area contributed by atoms with Crippen molar-refractivity contribution in [2.24, 2.45) is 0 Å². The number of hydrogen-bond donors (Lipinski definition) is 1. The molecule has 1 aliphatic carbocycles. The molecule has 2 aromatic carbocycles. The topological polar surface area (TPSA) is 64.0 Å². The monoisotopic (exact) mass is 345 g/mol. The van der Waals surface area contributed by atoms with Crippen molar-refractivity contribution < 1.29 is 9.59 Å². The number of ketones is 1. The van der Waals surface area contributed by atoms with E-state index in [0.717, 1.165) is 24.2 Å². The Morgan fingerprint density at radius 1 is 1.04 bits per heavy atom. The van der Waals surface area contributed by atoms with Gasteiger partial charge in [0.1, 0.15) is 5.69 Å². The number of nitrogens with zero attached hydrogens (tertiary/aromatic N) is 2. The van der Waals surface area contributed by atoms with Crippen LogP contribution in [0, 0.1) is 0 Å². The van der Waals surface area contributed by atoms with Gasteiger partial charge >= 0.3 is 0 Å². The van der Waals surface area contributed by atoms with Gasteiger partial charge in [-0.05, 0) is 50.1 Å². The molecule has 1 aromatic heterocycles. The molecule has 1 fully saturated rings. The summed E-state index contributed by atoms with van der Waals surface area (Å²) in [5.74, 6) is 0.174. The van der Waals surface area contributed by atoms with E-state index in [9.17, 15) is 9.59 Å². The highest BCUT2D eigenvalue weighted by Crippen LogP contribution is 2.39. The summed E-state index contributed by atoms with van der Waals surface area (Å²) >= 11 is 0. The number of nitrogens with one attached hydrogen (secondary N) is 1. The van der Waals surface area contributed by atoms with Crippen LogP contribution in [0.5, 0.6) is 0 Å². The van der Waals surface area contributed by atoms with Gasteiger partial charge in [-0.1, -0.05) is 30.3 Å². The molecule has 0 aliphatic heterocycles. The van der Waals surface area contributed by atoms with E-state index >= 15 is 0 Å². The second-order valence-electron chi connectivity index (χ2n) is 6.57. The van der Waals surface area contributed by atoms with E-state index in [-0.39, 0.29) is 11.7 Å². The van der Waals surface area contributed by atoms with Gasteiger partial charge in [0.2, 0.25) is 0 Å². The Morgan fingerprint density at radius 3 is 2.50 bits per heavy atom. The van der Waals surface area contributed by atoms with Gasteiger partial charge < -0.3 is 5.32 Å². The molecule has 3 aromatic rings. The molecule has 130 valence electrons. The molecular formula is C21H19N3O2. The highest BCUT2D eigenvalue weighted by molar-refractivity contribution is 6.04. The average molecular weight is 345 g/mol. The second-order valence-corrected chi connectivity index (χ2v) is 6.57. The smallest absolute Gasteiger partial charge is 0.274 e. The van der Waals surface area contributed by atoms with Crippen LogP contribution in [0.25, 0.3) is 5.69 Å². The number of rotatable bonds is 5. The first-order valence-corrected chi connectivity index (χ1v) is 8.69. The molecule has 5 heteroatoms. The number of aromatic nitrogens is 2. The van der Waals surface area contributed by atoms with Gasteiger partial charge in [-0.3, -0.25) is 9.59 Å². The molecule has 26 heavy (non-hydrogen) atoms. The van der Waals surface area contributed by atoms with Crippen LogP contribution in [0.3, 0.4) is 0 Å². The van der Waals surface area contributed by atoms with E-state index in [1.165, 1.54) is 6.92 Å². The molecule has 4 rings (SSSR count). The molecule has 1 aliphatic rings. The van der Waals surface area contributed by atoms with E-state index in [1.54, 1.807) is 28.9 Å². The zero-order chi connectivity index (χ0) is 18.1. The zero-order valence-electron chi connectivity index (χ0n) is 14.5. The van der Waals surface area contributed by atoms with Gasteiger partial charge in [-0.15, -0.1) is 0 Å². The molecule has 0 spiro atoms. The number of Topliss-reactive ketones (excluding diaryl/α,β-unsaturated/α-hetero) is 1. The lowest BCUT2D eigenvalue weighted by molar-refractivity contribution is 0.100.